The SMILES string of the molecule is CCC(C)C(NC(=O)C(C)N)C(=O)NC(CC(=O)O)C(=O)NC(C)C(=O)O. The van der Waals surface area contributed by atoms with E-state index in [1.165, 1.54) is 13.8 Å². The second kappa shape index (κ2) is 11.1. The van der Waals surface area contributed by atoms with Crippen LogP contribution in [0.4, 0.5) is 0 Å². The van der Waals surface area contributed by atoms with Crippen LogP contribution in [0.25, 0.3) is 0 Å². The van der Waals surface area contributed by atoms with Gasteiger partial charge in [0.15, 0.2) is 0 Å². The molecule has 0 saturated heterocycles. The molecule has 0 rings (SSSR count). The van der Waals surface area contributed by atoms with Gasteiger partial charge in [-0.3, -0.25) is 24.0 Å². The molecule has 154 valence electrons. The lowest BCUT2D eigenvalue weighted by Crippen LogP contribution is -2.58. The third-order valence-electron chi connectivity index (χ3n) is 3.95. The number of carbonyl (C=O) groups excluding carboxylic acids is 3. The van der Waals surface area contributed by atoms with Crippen LogP contribution in [0, 0.1) is 5.92 Å². The molecule has 0 bridgehead atoms. The van der Waals surface area contributed by atoms with Crippen LogP contribution in [-0.2, 0) is 24.0 Å². The number of carboxylic acids is 2. The number of hydrogen-bond acceptors (Lipinski definition) is 6. The maximum Gasteiger partial charge on any atom is 0.325 e. The minimum absolute atomic E-state index is 0.320. The van der Waals surface area contributed by atoms with Crippen molar-refractivity contribution in [3.05, 3.63) is 0 Å². The zero-order chi connectivity index (χ0) is 21.3. The van der Waals surface area contributed by atoms with Gasteiger partial charge in [0.05, 0.1) is 12.5 Å². The molecule has 5 unspecified atom stereocenters. The average Bonchev–Trinajstić information content (AvgIpc) is 2.57. The van der Waals surface area contributed by atoms with Gasteiger partial charge in [-0.2, -0.15) is 0 Å². The van der Waals surface area contributed by atoms with E-state index in [9.17, 15) is 24.0 Å². The van der Waals surface area contributed by atoms with Crippen molar-refractivity contribution in [2.45, 2.75) is 64.7 Å². The van der Waals surface area contributed by atoms with E-state index in [1.54, 1.807) is 13.8 Å². The fourth-order valence-corrected chi connectivity index (χ4v) is 2.01. The number of hydrogen-bond donors (Lipinski definition) is 6. The number of nitrogens with two attached hydrogens (primary N) is 1. The van der Waals surface area contributed by atoms with Crippen LogP contribution in [0.5, 0.6) is 0 Å². The highest BCUT2D eigenvalue weighted by Gasteiger charge is 2.32. The summed E-state index contributed by atoms with van der Waals surface area (Å²) in [4.78, 5) is 58.4. The molecule has 0 spiro atoms. The van der Waals surface area contributed by atoms with E-state index in [1.807, 2.05) is 0 Å². The smallest absolute Gasteiger partial charge is 0.325 e. The third kappa shape index (κ3) is 8.49. The summed E-state index contributed by atoms with van der Waals surface area (Å²) in [5, 5.41) is 24.7. The highest BCUT2D eigenvalue weighted by atomic mass is 16.4. The quantitative estimate of drug-likeness (QED) is 0.244. The van der Waals surface area contributed by atoms with E-state index in [2.05, 4.69) is 16.0 Å². The highest BCUT2D eigenvalue weighted by molar-refractivity contribution is 5.95. The van der Waals surface area contributed by atoms with Gasteiger partial charge in [0.1, 0.15) is 18.1 Å². The summed E-state index contributed by atoms with van der Waals surface area (Å²) >= 11 is 0. The second-order valence-electron chi connectivity index (χ2n) is 6.39. The van der Waals surface area contributed by atoms with Gasteiger partial charge in [-0.05, 0) is 19.8 Å². The largest absolute Gasteiger partial charge is 0.481 e. The number of carboxylic acid groups (broad SMARTS) is 2. The first kappa shape index (κ1) is 24.3. The van der Waals surface area contributed by atoms with Crippen LogP contribution in [0.2, 0.25) is 0 Å². The summed E-state index contributed by atoms with van der Waals surface area (Å²) in [6.45, 7) is 6.13. The molecule has 0 aromatic rings. The zero-order valence-corrected chi connectivity index (χ0v) is 15.8. The topological polar surface area (TPSA) is 188 Å². The van der Waals surface area contributed by atoms with Crippen molar-refractivity contribution in [1.29, 1.82) is 0 Å². The standard InChI is InChI=1S/C16H28N4O7/c1-5-7(2)12(20-13(23)8(3)17)15(25)19-10(6-11(21)22)14(24)18-9(4)16(26)27/h7-10,12H,5-6,17H2,1-4H3,(H,18,24)(H,19,25)(H,20,23)(H,21,22)(H,26,27). The van der Waals surface area contributed by atoms with Crippen molar-refractivity contribution < 1.29 is 34.2 Å². The van der Waals surface area contributed by atoms with Crippen LogP contribution in [-0.4, -0.2) is 64.0 Å². The minimum atomic E-state index is -1.50. The molecule has 0 aromatic carbocycles. The summed E-state index contributed by atoms with van der Waals surface area (Å²) in [7, 11) is 0. The molecule has 0 heterocycles. The molecule has 11 nitrogen and oxygen atoms in total. The third-order valence-corrected chi connectivity index (χ3v) is 3.95. The van der Waals surface area contributed by atoms with Gasteiger partial charge >= 0.3 is 11.9 Å². The molecule has 0 aliphatic carbocycles. The molecular formula is C16H28N4O7. The Bertz CT molecular complexity index is 579. The molecule has 0 fully saturated rings. The van der Waals surface area contributed by atoms with Gasteiger partial charge in [0.2, 0.25) is 17.7 Å². The van der Waals surface area contributed by atoms with E-state index in [0.717, 1.165) is 0 Å². The Morgan fingerprint density at radius 3 is 1.85 bits per heavy atom. The lowest BCUT2D eigenvalue weighted by Gasteiger charge is -2.26. The van der Waals surface area contributed by atoms with E-state index in [4.69, 9.17) is 15.9 Å². The Labute approximate surface area is 157 Å². The van der Waals surface area contributed by atoms with Crippen molar-refractivity contribution in [3.63, 3.8) is 0 Å². The van der Waals surface area contributed by atoms with Crippen molar-refractivity contribution in [3.8, 4) is 0 Å². The predicted octanol–water partition coefficient (Wildman–Crippen LogP) is -1.59. The number of rotatable bonds is 11. The monoisotopic (exact) mass is 388 g/mol. The van der Waals surface area contributed by atoms with E-state index in [0.29, 0.717) is 6.42 Å². The average molecular weight is 388 g/mol. The molecule has 0 radical (unpaired) electrons. The molecule has 3 amide bonds. The first-order chi connectivity index (χ1) is 12.4. The number of nitrogens with one attached hydrogen (secondary N) is 3. The molecule has 0 aliphatic rings. The van der Waals surface area contributed by atoms with Crippen molar-refractivity contribution in [1.82, 2.24) is 16.0 Å². The molecule has 5 atom stereocenters. The summed E-state index contributed by atoms with van der Waals surface area (Å²) in [6, 6.07) is -4.67. The maximum atomic E-state index is 12.6. The van der Waals surface area contributed by atoms with Gasteiger partial charge in [-0.15, -0.1) is 0 Å². The van der Waals surface area contributed by atoms with Gasteiger partial charge in [0, 0.05) is 0 Å². The Morgan fingerprint density at radius 2 is 1.44 bits per heavy atom. The van der Waals surface area contributed by atoms with E-state index < -0.39 is 60.2 Å². The lowest BCUT2D eigenvalue weighted by molar-refractivity contribution is -0.143. The fourth-order valence-electron chi connectivity index (χ4n) is 2.01. The van der Waals surface area contributed by atoms with Crippen LogP contribution in [0.3, 0.4) is 0 Å². The molecule has 27 heavy (non-hydrogen) atoms. The maximum absolute atomic E-state index is 12.6. The Morgan fingerprint density at radius 1 is 0.889 bits per heavy atom. The van der Waals surface area contributed by atoms with E-state index >= 15 is 0 Å². The predicted molar refractivity (Wildman–Crippen MR) is 94.5 cm³/mol. The van der Waals surface area contributed by atoms with Gasteiger partial charge in [-0.1, -0.05) is 20.3 Å². The zero-order valence-electron chi connectivity index (χ0n) is 15.8. The lowest BCUT2D eigenvalue weighted by atomic mass is 9.97. The van der Waals surface area contributed by atoms with Crippen molar-refractivity contribution in [2.75, 3.05) is 0 Å². The second-order valence-corrected chi connectivity index (χ2v) is 6.39. The number of carbonyl (C=O) groups is 5. The van der Waals surface area contributed by atoms with Crippen molar-refractivity contribution >= 4 is 29.7 Å². The minimum Gasteiger partial charge on any atom is -0.481 e. The Kier molecular flexibility index (Phi) is 10.0. The Balaban J connectivity index is 5.35. The molecule has 0 aliphatic heterocycles. The first-order valence-electron chi connectivity index (χ1n) is 8.51. The first-order valence-corrected chi connectivity index (χ1v) is 8.51. The van der Waals surface area contributed by atoms with Gasteiger partial charge in [0.25, 0.3) is 0 Å². The van der Waals surface area contributed by atoms with Crippen LogP contribution in [0.15, 0.2) is 0 Å². The number of aliphatic carboxylic acids is 2. The summed E-state index contributed by atoms with van der Waals surface area (Å²) in [5.41, 5.74) is 5.48. The van der Waals surface area contributed by atoms with E-state index in [-0.39, 0.29) is 5.92 Å². The molecule has 11 heteroatoms. The van der Waals surface area contributed by atoms with Crippen molar-refractivity contribution in [2.24, 2.45) is 11.7 Å². The number of amides is 3. The highest BCUT2D eigenvalue weighted by Crippen LogP contribution is 2.09. The fraction of sp³-hybridized carbons (Fsp3) is 0.688. The molecule has 0 aromatic heterocycles. The summed E-state index contributed by atoms with van der Waals surface area (Å²) in [5.74, 6) is -5.29. The van der Waals surface area contributed by atoms with Gasteiger partial charge in [-0.25, -0.2) is 0 Å². The summed E-state index contributed by atoms with van der Waals surface area (Å²) in [6.07, 6.45) is -0.235. The van der Waals surface area contributed by atoms with Crippen LogP contribution >= 0.6 is 0 Å². The van der Waals surface area contributed by atoms with Gasteiger partial charge < -0.3 is 31.9 Å². The Hall–Kier alpha value is -2.69. The molecular weight excluding hydrogens is 360 g/mol. The normalized spacial score (nSPS) is 16.2. The molecule has 7 N–H and O–H groups in total. The summed E-state index contributed by atoms with van der Waals surface area (Å²) < 4.78 is 0. The van der Waals surface area contributed by atoms with Crippen LogP contribution in [0.1, 0.15) is 40.5 Å². The van der Waals surface area contributed by atoms with Crippen LogP contribution < -0.4 is 21.7 Å². The molecule has 0 saturated carbocycles.